The highest BCUT2D eigenvalue weighted by atomic mass is 35.5. The van der Waals surface area contributed by atoms with Crippen molar-refractivity contribution in [2.45, 2.75) is 31.1 Å². The van der Waals surface area contributed by atoms with Gasteiger partial charge in [0.05, 0.1) is 10.6 Å². The summed E-state index contributed by atoms with van der Waals surface area (Å²) in [5.41, 5.74) is 0.811. The summed E-state index contributed by atoms with van der Waals surface area (Å²) in [6.07, 6.45) is 2.11. The Morgan fingerprint density at radius 1 is 1.10 bits per heavy atom. The topological polar surface area (TPSA) is 69.7 Å². The van der Waals surface area contributed by atoms with Gasteiger partial charge >= 0.3 is 0 Å². The standard InChI is InChI=1S/C21H25ClFN3O3S/c1-2-3-4-21(27)24-17-7-10-20(19(23)15-17)25-11-13-26(14-12-25)30(28,29)18-8-5-16(22)6-9-18/h5-10,15H,2-4,11-14H2,1H3,(H,24,27). The van der Waals surface area contributed by atoms with E-state index >= 15 is 0 Å². The Balaban J connectivity index is 1.63. The van der Waals surface area contributed by atoms with E-state index in [0.29, 0.717) is 35.9 Å². The number of benzene rings is 2. The van der Waals surface area contributed by atoms with Crippen molar-refractivity contribution in [1.29, 1.82) is 0 Å². The molecule has 2 aromatic carbocycles. The minimum absolute atomic E-state index is 0.134. The van der Waals surface area contributed by atoms with Crippen LogP contribution in [0.2, 0.25) is 5.02 Å². The van der Waals surface area contributed by atoms with Crippen LogP contribution in [0.5, 0.6) is 0 Å². The van der Waals surface area contributed by atoms with Gasteiger partial charge in [0.2, 0.25) is 15.9 Å². The third kappa shape index (κ3) is 5.30. The van der Waals surface area contributed by atoms with Gasteiger partial charge in [-0.15, -0.1) is 0 Å². The number of carbonyl (C=O) groups excluding carboxylic acids is 1. The summed E-state index contributed by atoms with van der Waals surface area (Å²) in [5, 5.41) is 3.17. The summed E-state index contributed by atoms with van der Waals surface area (Å²) in [6, 6.07) is 10.6. The van der Waals surface area contributed by atoms with Crippen molar-refractivity contribution in [1.82, 2.24) is 4.31 Å². The van der Waals surface area contributed by atoms with E-state index in [-0.39, 0.29) is 23.9 Å². The van der Waals surface area contributed by atoms with Crippen molar-refractivity contribution >= 4 is 38.9 Å². The molecule has 1 aliphatic rings. The van der Waals surface area contributed by atoms with Gasteiger partial charge in [-0.05, 0) is 48.9 Å². The van der Waals surface area contributed by atoms with Crippen molar-refractivity contribution in [2.75, 3.05) is 36.4 Å². The van der Waals surface area contributed by atoms with Crippen LogP contribution in [0, 0.1) is 5.82 Å². The smallest absolute Gasteiger partial charge is 0.243 e. The molecule has 1 N–H and O–H groups in total. The zero-order valence-corrected chi connectivity index (χ0v) is 18.3. The molecule has 1 saturated heterocycles. The number of unbranched alkanes of at least 4 members (excludes halogenated alkanes) is 1. The summed E-state index contributed by atoms with van der Waals surface area (Å²) in [7, 11) is -3.62. The number of anilines is 2. The lowest BCUT2D eigenvalue weighted by atomic mass is 10.2. The average molecular weight is 454 g/mol. The predicted molar refractivity (Wildman–Crippen MR) is 117 cm³/mol. The van der Waals surface area contributed by atoms with Gasteiger partial charge in [0.1, 0.15) is 5.82 Å². The van der Waals surface area contributed by atoms with E-state index in [1.165, 1.54) is 22.5 Å². The second-order valence-electron chi connectivity index (χ2n) is 7.16. The van der Waals surface area contributed by atoms with Gasteiger partial charge in [0.25, 0.3) is 0 Å². The van der Waals surface area contributed by atoms with Crippen LogP contribution in [0.1, 0.15) is 26.2 Å². The number of nitrogens with zero attached hydrogens (tertiary/aromatic N) is 2. The Kier molecular flexibility index (Phi) is 7.33. The zero-order chi connectivity index (χ0) is 21.7. The fourth-order valence-electron chi connectivity index (χ4n) is 3.33. The summed E-state index contributed by atoms with van der Waals surface area (Å²) in [6.45, 7) is 3.24. The number of sulfonamides is 1. The van der Waals surface area contributed by atoms with Gasteiger partial charge in [-0.2, -0.15) is 4.31 Å². The van der Waals surface area contributed by atoms with Crippen molar-refractivity contribution in [2.24, 2.45) is 0 Å². The van der Waals surface area contributed by atoms with E-state index in [9.17, 15) is 17.6 Å². The number of hydrogen-bond donors (Lipinski definition) is 1. The Hall–Kier alpha value is -2.16. The molecule has 0 aliphatic carbocycles. The number of hydrogen-bond acceptors (Lipinski definition) is 4. The number of nitrogens with one attached hydrogen (secondary N) is 1. The predicted octanol–water partition coefficient (Wildman–Crippen LogP) is 4.12. The molecule has 0 saturated carbocycles. The van der Waals surface area contributed by atoms with Crippen LogP contribution in [0.25, 0.3) is 0 Å². The maximum absolute atomic E-state index is 14.6. The third-order valence-electron chi connectivity index (χ3n) is 5.02. The Bertz CT molecular complexity index is 991. The molecule has 6 nitrogen and oxygen atoms in total. The second kappa shape index (κ2) is 9.76. The van der Waals surface area contributed by atoms with Crippen LogP contribution in [0.15, 0.2) is 47.4 Å². The minimum Gasteiger partial charge on any atom is -0.367 e. The van der Waals surface area contributed by atoms with Gasteiger partial charge in [0.15, 0.2) is 0 Å². The van der Waals surface area contributed by atoms with Crippen LogP contribution >= 0.6 is 11.6 Å². The first kappa shape index (κ1) is 22.5. The Morgan fingerprint density at radius 2 is 1.77 bits per heavy atom. The summed E-state index contributed by atoms with van der Waals surface area (Å²) in [4.78, 5) is 13.8. The summed E-state index contributed by atoms with van der Waals surface area (Å²) >= 11 is 5.84. The van der Waals surface area contributed by atoms with E-state index in [2.05, 4.69) is 5.32 Å². The summed E-state index contributed by atoms with van der Waals surface area (Å²) in [5.74, 6) is -0.581. The van der Waals surface area contributed by atoms with E-state index in [1.807, 2.05) is 11.8 Å². The monoisotopic (exact) mass is 453 g/mol. The fraction of sp³-hybridized carbons (Fsp3) is 0.381. The molecule has 1 heterocycles. The number of halogens is 2. The van der Waals surface area contributed by atoms with E-state index < -0.39 is 15.8 Å². The molecule has 0 aromatic heterocycles. The highest BCUT2D eigenvalue weighted by Gasteiger charge is 2.29. The zero-order valence-electron chi connectivity index (χ0n) is 16.8. The maximum atomic E-state index is 14.6. The van der Waals surface area contributed by atoms with Gasteiger partial charge in [-0.25, -0.2) is 12.8 Å². The molecular weight excluding hydrogens is 429 g/mol. The first-order valence-corrected chi connectivity index (χ1v) is 11.7. The van der Waals surface area contributed by atoms with Crippen molar-refractivity contribution < 1.29 is 17.6 Å². The largest absolute Gasteiger partial charge is 0.367 e. The van der Waals surface area contributed by atoms with Crippen molar-refractivity contribution in [3.05, 3.63) is 53.3 Å². The molecule has 0 radical (unpaired) electrons. The number of carbonyl (C=O) groups is 1. The van der Waals surface area contributed by atoms with E-state index in [1.54, 1.807) is 24.3 Å². The molecule has 2 aromatic rings. The van der Waals surface area contributed by atoms with E-state index in [0.717, 1.165) is 12.8 Å². The lowest BCUT2D eigenvalue weighted by Gasteiger charge is -2.35. The quantitative estimate of drug-likeness (QED) is 0.684. The highest BCUT2D eigenvalue weighted by Crippen LogP contribution is 2.26. The van der Waals surface area contributed by atoms with Crippen LogP contribution in [-0.2, 0) is 14.8 Å². The summed E-state index contributed by atoms with van der Waals surface area (Å²) < 4.78 is 41.6. The van der Waals surface area contributed by atoms with Crippen molar-refractivity contribution in [3.8, 4) is 0 Å². The van der Waals surface area contributed by atoms with E-state index in [4.69, 9.17) is 11.6 Å². The molecule has 0 unspecified atom stereocenters. The molecule has 1 amide bonds. The van der Waals surface area contributed by atoms with Gasteiger partial charge in [-0.1, -0.05) is 24.9 Å². The van der Waals surface area contributed by atoms with Crippen LogP contribution in [-0.4, -0.2) is 44.8 Å². The SMILES string of the molecule is CCCCC(=O)Nc1ccc(N2CCN(S(=O)(=O)c3ccc(Cl)cc3)CC2)c(F)c1. The molecule has 1 aliphatic heterocycles. The molecule has 9 heteroatoms. The number of amides is 1. The molecule has 0 bridgehead atoms. The van der Waals surface area contributed by atoms with Gasteiger partial charge in [0, 0.05) is 43.3 Å². The first-order valence-electron chi connectivity index (χ1n) is 9.91. The molecule has 162 valence electrons. The van der Waals surface area contributed by atoms with Gasteiger partial charge in [-0.3, -0.25) is 4.79 Å². The molecule has 0 spiro atoms. The van der Waals surface area contributed by atoms with Crippen LogP contribution < -0.4 is 10.2 Å². The third-order valence-corrected chi connectivity index (χ3v) is 7.18. The van der Waals surface area contributed by atoms with Crippen molar-refractivity contribution in [3.63, 3.8) is 0 Å². The first-order chi connectivity index (χ1) is 14.3. The van der Waals surface area contributed by atoms with Gasteiger partial charge < -0.3 is 10.2 Å². The van der Waals surface area contributed by atoms with Crippen LogP contribution in [0.3, 0.4) is 0 Å². The number of piperazine rings is 1. The maximum Gasteiger partial charge on any atom is 0.243 e. The number of rotatable bonds is 7. The molecule has 3 rings (SSSR count). The molecule has 30 heavy (non-hydrogen) atoms. The van der Waals surface area contributed by atoms with Crippen LogP contribution in [0.4, 0.5) is 15.8 Å². The molecule has 0 atom stereocenters. The average Bonchev–Trinajstić information content (AvgIpc) is 2.73. The normalized spacial score (nSPS) is 15.2. The lowest BCUT2D eigenvalue weighted by Crippen LogP contribution is -2.48. The Morgan fingerprint density at radius 3 is 2.37 bits per heavy atom. The highest BCUT2D eigenvalue weighted by molar-refractivity contribution is 7.89. The second-order valence-corrected chi connectivity index (χ2v) is 9.54. The minimum atomic E-state index is -3.62. The fourth-order valence-corrected chi connectivity index (χ4v) is 4.88. The molecule has 1 fully saturated rings. The Labute approximate surface area is 181 Å². The molecular formula is C21H25ClFN3O3S. The lowest BCUT2D eigenvalue weighted by molar-refractivity contribution is -0.116.